The summed E-state index contributed by atoms with van der Waals surface area (Å²) in [5.74, 6) is 0. The van der Waals surface area contributed by atoms with Crippen LogP contribution in [0.4, 0.5) is 0 Å². The largest absolute Gasteiger partial charge is 0.301 e. The molecule has 18 heavy (non-hydrogen) atoms. The maximum Gasteiger partial charge on any atom is 0.254 e. The number of hydrogen-bond donors (Lipinski definition) is 1. The Hall–Kier alpha value is -1.55. The summed E-state index contributed by atoms with van der Waals surface area (Å²) in [7, 11) is 0. The molecule has 1 aromatic carbocycles. The second-order valence-electron chi connectivity index (χ2n) is 4.09. The van der Waals surface area contributed by atoms with Gasteiger partial charge in [-0.1, -0.05) is 42.1 Å². The van der Waals surface area contributed by atoms with Crippen LogP contribution in [0.3, 0.4) is 0 Å². The van der Waals surface area contributed by atoms with E-state index in [9.17, 15) is 4.79 Å². The van der Waals surface area contributed by atoms with Gasteiger partial charge in [0.15, 0.2) is 5.16 Å². The minimum absolute atomic E-state index is 0.0117. The molecule has 0 unspecified atom stereocenters. The van der Waals surface area contributed by atoms with Crippen molar-refractivity contribution in [2.45, 2.75) is 24.4 Å². The van der Waals surface area contributed by atoms with Gasteiger partial charge in [-0.15, -0.1) is 0 Å². The number of hydrogen-bond acceptors (Lipinski definition) is 3. The molecule has 0 aliphatic carbocycles. The van der Waals surface area contributed by atoms with Crippen LogP contribution >= 0.6 is 11.8 Å². The van der Waals surface area contributed by atoms with Gasteiger partial charge in [0.1, 0.15) is 0 Å². The molecule has 0 fully saturated rings. The smallest absolute Gasteiger partial charge is 0.254 e. The topological polar surface area (TPSA) is 45.8 Å². The fraction of sp³-hybridized carbons (Fsp3) is 0.286. The molecule has 0 aliphatic heterocycles. The van der Waals surface area contributed by atoms with E-state index in [1.807, 2.05) is 24.5 Å². The minimum atomic E-state index is -0.0117. The van der Waals surface area contributed by atoms with Crippen molar-refractivity contribution < 1.29 is 0 Å². The normalized spacial score (nSPS) is 10.5. The van der Waals surface area contributed by atoms with E-state index in [4.69, 9.17) is 0 Å². The number of aryl methyl sites for hydroxylation is 2. The molecule has 0 bridgehead atoms. The fourth-order valence-corrected chi connectivity index (χ4v) is 2.17. The minimum Gasteiger partial charge on any atom is -0.301 e. The van der Waals surface area contributed by atoms with Crippen LogP contribution < -0.4 is 5.56 Å². The molecule has 4 heteroatoms. The Balaban J connectivity index is 1.93. The molecule has 0 amide bonds. The first kappa shape index (κ1) is 12.9. The van der Waals surface area contributed by atoms with Crippen LogP contribution in [0.5, 0.6) is 0 Å². The Morgan fingerprint density at radius 1 is 1.22 bits per heavy atom. The van der Waals surface area contributed by atoms with Crippen LogP contribution in [0.2, 0.25) is 0 Å². The quantitative estimate of drug-likeness (QED) is 0.664. The summed E-state index contributed by atoms with van der Waals surface area (Å²) in [5, 5.41) is 0.673. The van der Waals surface area contributed by atoms with Crippen molar-refractivity contribution in [1.82, 2.24) is 9.97 Å². The number of nitrogens with zero attached hydrogens (tertiary/aromatic N) is 1. The van der Waals surface area contributed by atoms with E-state index in [2.05, 4.69) is 22.1 Å². The van der Waals surface area contributed by atoms with Gasteiger partial charge in [-0.05, 0) is 31.1 Å². The van der Waals surface area contributed by atoms with Gasteiger partial charge in [0, 0.05) is 11.8 Å². The van der Waals surface area contributed by atoms with Crippen LogP contribution in [0, 0.1) is 0 Å². The van der Waals surface area contributed by atoms with Crippen molar-refractivity contribution in [3.63, 3.8) is 0 Å². The van der Waals surface area contributed by atoms with Crippen LogP contribution in [0.15, 0.2) is 46.5 Å². The van der Waals surface area contributed by atoms with Crippen molar-refractivity contribution >= 4 is 11.8 Å². The number of rotatable bonds is 5. The third kappa shape index (κ3) is 3.47. The molecule has 2 rings (SSSR count). The van der Waals surface area contributed by atoms with Gasteiger partial charge in [0.05, 0.1) is 0 Å². The molecule has 1 heterocycles. The summed E-state index contributed by atoms with van der Waals surface area (Å²) in [4.78, 5) is 18.7. The van der Waals surface area contributed by atoms with Crippen molar-refractivity contribution in [2.24, 2.45) is 0 Å². The molecular formula is C14H16N2OS. The number of H-pyrrole nitrogens is 1. The third-order valence-electron chi connectivity index (χ3n) is 2.80. The summed E-state index contributed by atoms with van der Waals surface area (Å²) in [6.07, 6.45) is 6.31. The summed E-state index contributed by atoms with van der Waals surface area (Å²) in [6.45, 7) is 0. The van der Waals surface area contributed by atoms with E-state index in [0.29, 0.717) is 5.16 Å². The van der Waals surface area contributed by atoms with Crippen molar-refractivity contribution in [2.75, 3.05) is 6.26 Å². The highest BCUT2D eigenvalue weighted by Gasteiger charge is 2.02. The van der Waals surface area contributed by atoms with E-state index in [0.717, 1.165) is 24.8 Å². The standard InChI is InChI=1S/C14H16N2OS/c1-18-14-15-10-12(13(17)16-14)9-5-8-11-6-3-2-4-7-11/h2-4,6-7,10H,5,8-9H2,1H3,(H,15,16,17). The van der Waals surface area contributed by atoms with Gasteiger partial charge < -0.3 is 4.98 Å². The Labute approximate surface area is 111 Å². The zero-order valence-corrected chi connectivity index (χ0v) is 11.2. The second kappa shape index (κ2) is 6.40. The highest BCUT2D eigenvalue weighted by atomic mass is 32.2. The zero-order valence-electron chi connectivity index (χ0n) is 10.3. The molecule has 94 valence electrons. The van der Waals surface area contributed by atoms with Crippen molar-refractivity contribution in [3.8, 4) is 0 Å². The average molecular weight is 260 g/mol. The van der Waals surface area contributed by atoms with E-state index >= 15 is 0 Å². The lowest BCUT2D eigenvalue weighted by molar-refractivity contribution is 0.788. The molecule has 3 nitrogen and oxygen atoms in total. The molecule has 0 spiro atoms. The molecule has 0 saturated heterocycles. The van der Waals surface area contributed by atoms with Gasteiger partial charge in [-0.25, -0.2) is 4.98 Å². The molecule has 0 saturated carbocycles. The molecule has 0 aliphatic rings. The van der Waals surface area contributed by atoms with Gasteiger partial charge in [-0.3, -0.25) is 4.79 Å². The lowest BCUT2D eigenvalue weighted by Crippen LogP contribution is -2.14. The first-order valence-electron chi connectivity index (χ1n) is 5.95. The summed E-state index contributed by atoms with van der Waals surface area (Å²) >= 11 is 1.45. The van der Waals surface area contributed by atoms with E-state index in [1.54, 1.807) is 6.20 Å². The first-order chi connectivity index (χ1) is 8.79. The zero-order chi connectivity index (χ0) is 12.8. The molecule has 0 atom stereocenters. The Morgan fingerprint density at radius 3 is 2.67 bits per heavy atom. The number of aromatic amines is 1. The van der Waals surface area contributed by atoms with Crippen molar-refractivity contribution in [1.29, 1.82) is 0 Å². The third-order valence-corrected chi connectivity index (χ3v) is 3.39. The van der Waals surface area contributed by atoms with Gasteiger partial charge >= 0.3 is 0 Å². The van der Waals surface area contributed by atoms with E-state index in [1.165, 1.54) is 17.3 Å². The predicted octanol–water partition coefficient (Wildman–Crippen LogP) is 2.67. The Morgan fingerprint density at radius 2 is 2.00 bits per heavy atom. The Kier molecular flexibility index (Phi) is 4.59. The average Bonchev–Trinajstić information content (AvgIpc) is 2.42. The van der Waals surface area contributed by atoms with Crippen LogP contribution in [-0.2, 0) is 12.8 Å². The van der Waals surface area contributed by atoms with Gasteiger partial charge in [-0.2, -0.15) is 0 Å². The van der Waals surface area contributed by atoms with Gasteiger partial charge in [0.25, 0.3) is 5.56 Å². The monoisotopic (exact) mass is 260 g/mol. The highest BCUT2D eigenvalue weighted by molar-refractivity contribution is 7.98. The number of benzene rings is 1. The number of thioether (sulfide) groups is 1. The molecule has 0 radical (unpaired) electrons. The fourth-order valence-electron chi connectivity index (χ4n) is 1.81. The van der Waals surface area contributed by atoms with Crippen molar-refractivity contribution in [3.05, 3.63) is 58.0 Å². The first-order valence-corrected chi connectivity index (χ1v) is 7.18. The van der Waals surface area contributed by atoms with Crippen LogP contribution in [-0.4, -0.2) is 16.2 Å². The summed E-state index contributed by atoms with van der Waals surface area (Å²) < 4.78 is 0. The summed E-state index contributed by atoms with van der Waals surface area (Å²) in [5.41, 5.74) is 2.06. The lowest BCUT2D eigenvalue weighted by atomic mass is 10.1. The van der Waals surface area contributed by atoms with E-state index < -0.39 is 0 Å². The van der Waals surface area contributed by atoms with E-state index in [-0.39, 0.29) is 5.56 Å². The number of nitrogens with one attached hydrogen (secondary N) is 1. The maximum absolute atomic E-state index is 11.7. The SMILES string of the molecule is CSc1ncc(CCCc2ccccc2)c(=O)[nH]1. The molecule has 1 N–H and O–H groups in total. The lowest BCUT2D eigenvalue weighted by Gasteiger charge is -2.02. The predicted molar refractivity (Wildman–Crippen MR) is 75.1 cm³/mol. The van der Waals surface area contributed by atoms with Gasteiger partial charge in [0.2, 0.25) is 0 Å². The Bertz CT molecular complexity index is 551. The molecule has 1 aromatic heterocycles. The maximum atomic E-state index is 11.7. The highest BCUT2D eigenvalue weighted by Crippen LogP contribution is 2.07. The molecular weight excluding hydrogens is 244 g/mol. The summed E-state index contributed by atoms with van der Waals surface area (Å²) in [6, 6.07) is 10.3. The molecule has 2 aromatic rings. The van der Waals surface area contributed by atoms with Crippen LogP contribution in [0.1, 0.15) is 17.5 Å². The van der Waals surface area contributed by atoms with Crippen LogP contribution in [0.25, 0.3) is 0 Å². The second-order valence-corrected chi connectivity index (χ2v) is 4.88. The number of aromatic nitrogens is 2.